The van der Waals surface area contributed by atoms with Crippen molar-refractivity contribution >= 4 is 11.7 Å². The zero-order valence-electron chi connectivity index (χ0n) is 14.4. The number of nitriles is 1. The van der Waals surface area contributed by atoms with Gasteiger partial charge in [-0.2, -0.15) is 23.5 Å². The Morgan fingerprint density at radius 2 is 1.89 bits per heavy atom. The number of amides is 1. The normalized spacial score (nSPS) is 11.1. The van der Waals surface area contributed by atoms with Gasteiger partial charge in [0, 0.05) is 18.5 Å². The molecule has 0 aliphatic carbocycles. The van der Waals surface area contributed by atoms with Crippen molar-refractivity contribution in [1.82, 2.24) is 14.8 Å². The van der Waals surface area contributed by atoms with Crippen LogP contribution in [0.25, 0.3) is 0 Å². The van der Waals surface area contributed by atoms with Crippen LogP contribution in [0.1, 0.15) is 22.4 Å². The minimum absolute atomic E-state index is 0.0673. The lowest BCUT2D eigenvalue weighted by molar-refractivity contribution is -0.137. The Morgan fingerprint density at radius 1 is 1.14 bits per heavy atom. The van der Waals surface area contributed by atoms with Crippen molar-refractivity contribution in [1.29, 1.82) is 5.26 Å². The highest BCUT2D eigenvalue weighted by Gasteiger charge is 2.29. The van der Waals surface area contributed by atoms with Crippen molar-refractivity contribution in [2.75, 3.05) is 5.32 Å². The highest BCUT2D eigenvalue weighted by molar-refractivity contribution is 5.91. The average Bonchev–Trinajstić information content (AvgIpc) is 3.08. The third kappa shape index (κ3) is 4.94. The molecule has 0 unspecified atom stereocenters. The fourth-order valence-corrected chi connectivity index (χ4v) is 2.45. The molecule has 0 fully saturated rings. The van der Waals surface area contributed by atoms with Crippen molar-refractivity contribution in [2.24, 2.45) is 0 Å². The van der Waals surface area contributed by atoms with Gasteiger partial charge in [0.2, 0.25) is 5.91 Å². The first-order valence-electron chi connectivity index (χ1n) is 8.18. The smallest absolute Gasteiger partial charge is 0.309 e. The minimum atomic E-state index is -4.41. The molecule has 6 nitrogen and oxygen atoms in total. The molecule has 3 aromatic rings. The number of carbonyl (C=O) groups excluding carboxylic acids is 1. The Morgan fingerprint density at radius 3 is 2.50 bits per heavy atom. The SMILES string of the molecule is N#Cc1ccc(Cn2ccc(NC(=O)Cc3ccc(C(F)(F)F)cc3)n2)nc1. The van der Waals surface area contributed by atoms with Crippen LogP contribution in [-0.2, 0) is 23.9 Å². The van der Waals surface area contributed by atoms with Gasteiger partial charge >= 0.3 is 6.18 Å². The molecule has 0 saturated heterocycles. The highest BCUT2D eigenvalue weighted by atomic mass is 19.4. The Bertz CT molecular complexity index is 1000. The molecule has 3 rings (SSSR count). The molecule has 0 radical (unpaired) electrons. The average molecular weight is 385 g/mol. The first-order chi connectivity index (χ1) is 13.3. The summed E-state index contributed by atoms with van der Waals surface area (Å²) in [6.45, 7) is 0.362. The molecule has 0 bridgehead atoms. The molecule has 9 heteroatoms. The summed E-state index contributed by atoms with van der Waals surface area (Å²) in [6.07, 6.45) is -1.35. The van der Waals surface area contributed by atoms with E-state index in [9.17, 15) is 18.0 Å². The summed E-state index contributed by atoms with van der Waals surface area (Å²) in [5, 5.41) is 15.6. The molecule has 0 aliphatic heterocycles. The molecule has 2 heterocycles. The third-order valence-corrected chi connectivity index (χ3v) is 3.83. The number of nitrogens with one attached hydrogen (secondary N) is 1. The van der Waals surface area contributed by atoms with Crippen LogP contribution in [0.4, 0.5) is 19.0 Å². The summed E-state index contributed by atoms with van der Waals surface area (Å²) >= 11 is 0. The molecule has 2 aromatic heterocycles. The third-order valence-electron chi connectivity index (χ3n) is 3.83. The van der Waals surface area contributed by atoms with E-state index in [0.717, 1.165) is 12.1 Å². The zero-order valence-corrected chi connectivity index (χ0v) is 14.4. The van der Waals surface area contributed by atoms with E-state index in [0.29, 0.717) is 29.2 Å². The van der Waals surface area contributed by atoms with Crippen LogP contribution in [-0.4, -0.2) is 20.7 Å². The van der Waals surface area contributed by atoms with Gasteiger partial charge in [-0.15, -0.1) is 0 Å². The summed E-state index contributed by atoms with van der Waals surface area (Å²) in [5.74, 6) is -0.0629. The van der Waals surface area contributed by atoms with E-state index >= 15 is 0 Å². The number of pyridine rings is 1. The van der Waals surface area contributed by atoms with Crippen LogP contribution in [0.3, 0.4) is 0 Å². The highest BCUT2D eigenvalue weighted by Crippen LogP contribution is 2.29. The quantitative estimate of drug-likeness (QED) is 0.730. The van der Waals surface area contributed by atoms with Gasteiger partial charge in [-0.05, 0) is 29.8 Å². The molecule has 0 atom stereocenters. The number of benzene rings is 1. The van der Waals surface area contributed by atoms with E-state index in [1.807, 2.05) is 6.07 Å². The summed E-state index contributed by atoms with van der Waals surface area (Å²) in [6, 6.07) is 11.4. The van der Waals surface area contributed by atoms with Crippen LogP contribution in [0.15, 0.2) is 54.9 Å². The van der Waals surface area contributed by atoms with E-state index in [4.69, 9.17) is 5.26 Å². The van der Waals surface area contributed by atoms with E-state index in [1.165, 1.54) is 18.3 Å². The molecule has 142 valence electrons. The minimum Gasteiger partial charge on any atom is -0.309 e. The Hall–Kier alpha value is -3.67. The maximum absolute atomic E-state index is 12.6. The maximum Gasteiger partial charge on any atom is 0.416 e. The van der Waals surface area contributed by atoms with Gasteiger partial charge in [-0.25, -0.2) is 0 Å². The zero-order chi connectivity index (χ0) is 20.1. The standard InChI is InChI=1S/C19H14F3N5O/c20-19(21,22)15-4-1-13(2-5-15)9-18(28)25-17-7-8-27(26-17)12-16-6-3-14(10-23)11-24-16/h1-8,11H,9,12H2,(H,25,26,28). The van der Waals surface area contributed by atoms with Crippen LogP contribution in [0.2, 0.25) is 0 Å². The predicted octanol–water partition coefficient (Wildman–Crippen LogP) is 3.40. The van der Waals surface area contributed by atoms with E-state index in [2.05, 4.69) is 15.4 Å². The number of anilines is 1. The number of carbonyl (C=O) groups is 1. The number of rotatable bonds is 5. The van der Waals surface area contributed by atoms with Gasteiger partial charge < -0.3 is 5.32 Å². The molecule has 0 spiro atoms. The topological polar surface area (TPSA) is 83.6 Å². The van der Waals surface area contributed by atoms with Gasteiger partial charge in [0.1, 0.15) is 6.07 Å². The summed E-state index contributed by atoms with van der Waals surface area (Å²) in [5.41, 5.74) is 0.865. The number of hydrogen-bond donors (Lipinski definition) is 1. The monoisotopic (exact) mass is 385 g/mol. The van der Waals surface area contributed by atoms with Crippen molar-refractivity contribution in [3.8, 4) is 6.07 Å². The van der Waals surface area contributed by atoms with Gasteiger partial charge in [0.25, 0.3) is 0 Å². The molecule has 1 aromatic carbocycles. The fraction of sp³-hybridized carbons (Fsp3) is 0.158. The largest absolute Gasteiger partial charge is 0.416 e. The fourth-order valence-electron chi connectivity index (χ4n) is 2.45. The number of nitrogens with zero attached hydrogens (tertiary/aromatic N) is 4. The molecule has 0 aliphatic rings. The lowest BCUT2D eigenvalue weighted by Crippen LogP contribution is -2.15. The predicted molar refractivity (Wildman–Crippen MR) is 94.1 cm³/mol. The lowest BCUT2D eigenvalue weighted by Gasteiger charge is -2.07. The molecule has 1 amide bonds. The van der Waals surface area contributed by atoms with Gasteiger partial charge in [-0.1, -0.05) is 12.1 Å². The number of hydrogen-bond acceptors (Lipinski definition) is 4. The summed E-state index contributed by atoms with van der Waals surface area (Å²) in [7, 11) is 0. The van der Waals surface area contributed by atoms with Gasteiger partial charge in [-0.3, -0.25) is 14.5 Å². The summed E-state index contributed by atoms with van der Waals surface area (Å²) < 4.78 is 39.2. The first-order valence-corrected chi connectivity index (χ1v) is 8.18. The lowest BCUT2D eigenvalue weighted by atomic mass is 10.1. The van der Waals surface area contributed by atoms with Crippen molar-refractivity contribution in [2.45, 2.75) is 19.1 Å². The second-order valence-electron chi connectivity index (χ2n) is 5.97. The Kier molecular flexibility index (Phi) is 5.40. The van der Waals surface area contributed by atoms with Gasteiger partial charge in [0.15, 0.2) is 5.82 Å². The van der Waals surface area contributed by atoms with Crippen LogP contribution in [0.5, 0.6) is 0 Å². The first kappa shape index (κ1) is 19.1. The van der Waals surface area contributed by atoms with Gasteiger partial charge in [0.05, 0.1) is 29.8 Å². The molecular formula is C19H14F3N5O. The summed E-state index contributed by atoms with van der Waals surface area (Å²) in [4.78, 5) is 16.2. The van der Waals surface area contributed by atoms with E-state index in [1.54, 1.807) is 29.1 Å². The number of alkyl halides is 3. The second-order valence-corrected chi connectivity index (χ2v) is 5.97. The van der Waals surface area contributed by atoms with Crippen molar-refractivity contribution in [3.05, 3.63) is 77.2 Å². The molecule has 1 N–H and O–H groups in total. The molecule has 0 saturated carbocycles. The Labute approximate surface area is 158 Å². The maximum atomic E-state index is 12.6. The van der Waals surface area contributed by atoms with E-state index < -0.39 is 11.7 Å². The number of aromatic nitrogens is 3. The van der Waals surface area contributed by atoms with Crippen LogP contribution in [0, 0.1) is 11.3 Å². The van der Waals surface area contributed by atoms with Crippen molar-refractivity contribution in [3.63, 3.8) is 0 Å². The Balaban J connectivity index is 1.57. The van der Waals surface area contributed by atoms with Crippen LogP contribution < -0.4 is 5.32 Å². The van der Waals surface area contributed by atoms with Crippen molar-refractivity contribution < 1.29 is 18.0 Å². The molecule has 28 heavy (non-hydrogen) atoms. The molecular weight excluding hydrogens is 371 g/mol. The van der Waals surface area contributed by atoms with E-state index in [-0.39, 0.29) is 12.3 Å². The number of halogens is 3. The van der Waals surface area contributed by atoms with Crippen LogP contribution >= 0.6 is 0 Å². The second kappa shape index (κ2) is 7.92.